The molecule has 0 aromatic heterocycles. The van der Waals surface area contributed by atoms with Gasteiger partial charge in [0.25, 0.3) is 5.91 Å². The van der Waals surface area contributed by atoms with Gasteiger partial charge in [-0.2, -0.15) is 0 Å². The van der Waals surface area contributed by atoms with Crippen molar-refractivity contribution in [2.24, 2.45) is 5.73 Å². The summed E-state index contributed by atoms with van der Waals surface area (Å²) in [6.07, 6.45) is -6.16. The molecule has 1 saturated heterocycles. The summed E-state index contributed by atoms with van der Waals surface area (Å²) in [4.78, 5) is 0. The number of aliphatic hydroxyl groups excluding tert-OH is 4. The van der Waals surface area contributed by atoms with E-state index in [0.717, 1.165) is 0 Å². The Kier molecular flexibility index (Phi) is 7.50. The van der Waals surface area contributed by atoms with E-state index in [4.69, 9.17) is 61.0 Å². The van der Waals surface area contributed by atoms with E-state index >= 15 is 0 Å². The minimum absolute atomic E-state index is 0.621. The molecule has 1 unspecified atom stereocenters. The van der Waals surface area contributed by atoms with Gasteiger partial charge >= 0.3 is 0 Å². The SMILES string of the molecule is ClC(Cl)Cl.NC1(O)O[C@H](CO)[C@@H](O)[C@H](O)[C@H]1O. The van der Waals surface area contributed by atoms with Crippen molar-refractivity contribution in [2.75, 3.05) is 6.61 Å². The van der Waals surface area contributed by atoms with E-state index in [9.17, 15) is 5.11 Å². The van der Waals surface area contributed by atoms with Crippen molar-refractivity contribution in [2.45, 2.75) is 34.6 Å². The van der Waals surface area contributed by atoms with E-state index in [1.165, 1.54) is 0 Å². The summed E-state index contributed by atoms with van der Waals surface area (Å²) in [5, 5.41) is 45.2. The van der Waals surface area contributed by atoms with Crippen LogP contribution in [0.25, 0.3) is 0 Å². The van der Waals surface area contributed by atoms with Gasteiger partial charge in [-0.05, 0) is 0 Å². The fourth-order valence-corrected chi connectivity index (χ4v) is 1.18. The molecule has 0 aromatic rings. The second-order valence-corrected chi connectivity index (χ2v) is 5.24. The van der Waals surface area contributed by atoms with Crippen LogP contribution in [0, 0.1) is 0 Å². The summed E-state index contributed by atoms with van der Waals surface area (Å²) in [7, 11) is 0. The summed E-state index contributed by atoms with van der Waals surface area (Å²) < 4.78 is 3.79. The van der Waals surface area contributed by atoms with Gasteiger partial charge in [-0.3, -0.25) is 5.73 Å². The van der Waals surface area contributed by atoms with Crippen LogP contribution < -0.4 is 5.73 Å². The predicted octanol–water partition coefficient (Wildman–Crippen LogP) is -1.95. The van der Waals surface area contributed by atoms with Gasteiger partial charge in [0.15, 0.2) is 10.4 Å². The zero-order chi connectivity index (χ0) is 13.8. The highest BCUT2D eigenvalue weighted by Crippen LogP contribution is 2.23. The molecule has 0 aliphatic carbocycles. The molecule has 5 atom stereocenters. The van der Waals surface area contributed by atoms with E-state index in [2.05, 4.69) is 4.74 Å². The van der Waals surface area contributed by atoms with Gasteiger partial charge in [0, 0.05) is 0 Å². The summed E-state index contributed by atoms with van der Waals surface area (Å²) >= 11 is 14.4. The molecule has 0 amide bonds. The third-order valence-electron chi connectivity index (χ3n) is 2.00. The van der Waals surface area contributed by atoms with Crippen molar-refractivity contribution < 1.29 is 30.3 Å². The second kappa shape index (κ2) is 7.25. The van der Waals surface area contributed by atoms with E-state index in [-0.39, 0.29) is 0 Å². The predicted molar refractivity (Wildman–Crippen MR) is 60.5 cm³/mol. The highest BCUT2D eigenvalue weighted by Gasteiger charge is 2.50. The Balaban J connectivity index is 0.000000557. The van der Waals surface area contributed by atoms with Crippen molar-refractivity contribution in [1.82, 2.24) is 0 Å². The number of nitrogens with two attached hydrogens (primary N) is 1. The lowest BCUT2D eigenvalue weighted by atomic mass is 9.97. The van der Waals surface area contributed by atoms with Gasteiger partial charge < -0.3 is 30.3 Å². The van der Waals surface area contributed by atoms with Crippen LogP contribution in [0.3, 0.4) is 0 Å². The topological polar surface area (TPSA) is 136 Å². The number of hydrogen-bond donors (Lipinski definition) is 6. The highest BCUT2D eigenvalue weighted by atomic mass is 35.6. The zero-order valence-corrected chi connectivity index (χ0v) is 10.7. The first kappa shape index (κ1) is 17.6. The van der Waals surface area contributed by atoms with Gasteiger partial charge in [-0.25, -0.2) is 0 Å². The Hall–Kier alpha value is 0.590. The normalized spacial score (nSPS) is 42.0. The third-order valence-corrected chi connectivity index (χ3v) is 2.00. The summed E-state index contributed by atoms with van der Waals surface area (Å²) in [6.45, 7) is -0.621. The number of rotatable bonds is 1. The maximum Gasteiger partial charge on any atom is 0.252 e. The maximum atomic E-state index is 9.18. The standard InChI is InChI=1S/C6H13NO6.CHCl3/c7-6(12)5(11)4(10)3(9)2(1-8)13-6;2-1(3)4/h2-5,8-12H,1,7H2;1H/t2-,3-,4+,5-,6?;/m1./s1. The summed E-state index contributed by atoms with van der Waals surface area (Å²) in [5.41, 5.74) is 5.04. The molecule has 0 bridgehead atoms. The molecule has 104 valence electrons. The molecule has 1 aliphatic rings. The molecule has 1 heterocycles. The van der Waals surface area contributed by atoms with E-state index in [0.29, 0.717) is 0 Å². The molecule has 10 heteroatoms. The molecule has 17 heavy (non-hydrogen) atoms. The quantitative estimate of drug-likeness (QED) is 0.244. The summed E-state index contributed by atoms with van der Waals surface area (Å²) in [5.74, 6) is -2.45. The third kappa shape index (κ3) is 5.39. The Morgan fingerprint density at radius 1 is 1.18 bits per heavy atom. The molecular weight excluding hydrogens is 300 g/mol. The van der Waals surface area contributed by atoms with Gasteiger partial charge in [0.1, 0.15) is 18.3 Å². The van der Waals surface area contributed by atoms with E-state index in [1.54, 1.807) is 0 Å². The largest absolute Gasteiger partial charge is 0.394 e. The van der Waals surface area contributed by atoms with Crippen LogP contribution in [0.4, 0.5) is 0 Å². The lowest BCUT2D eigenvalue weighted by Gasteiger charge is -2.42. The number of halogens is 3. The van der Waals surface area contributed by atoms with E-state index in [1.807, 2.05) is 0 Å². The number of hydrogen-bond acceptors (Lipinski definition) is 7. The zero-order valence-electron chi connectivity index (χ0n) is 8.45. The Morgan fingerprint density at radius 3 is 1.94 bits per heavy atom. The molecule has 1 rings (SSSR count). The summed E-state index contributed by atoms with van der Waals surface area (Å²) in [6, 6.07) is 0. The van der Waals surface area contributed by atoms with Crippen LogP contribution in [-0.2, 0) is 4.74 Å². The molecule has 0 spiro atoms. The highest BCUT2D eigenvalue weighted by molar-refractivity contribution is 6.63. The first-order valence-corrected chi connectivity index (χ1v) is 5.70. The van der Waals surface area contributed by atoms with Crippen molar-refractivity contribution in [3.05, 3.63) is 0 Å². The molecular formula is C7H14Cl3NO6. The minimum atomic E-state index is -2.45. The Labute approximate surface area is 112 Å². The van der Waals surface area contributed by atoms with E-state index < -0.39 is 41.2 Å². The van der Waals surface area contributed by atoms with Crippen LogP contribution >= 0.6 is 34.8 Å². The molecule has 0 aromatic carbocycles. The van der Waals surface area contributed by atoms with Gasteiger partial charge in [0.2, 0.25) is 0 Å². The van der Waals surface area contributed by atoms with Crippen molar-refractivity contribution in [3.8, 4) is 0 Å². The molecule has 1 aliphatic heterocycles. The maximum absolute atomic E-state index is 9.18. The molecule has 7 nitrogen and oxygen atoms in total. The fourth-order valence-electron chi connectivity index (χ4n) is 1.18. The fraction of sp³-hybridized carbons (Fsp3) is 1.00. The Bertz CT molecular complexity index is 227. The molecule has 0 saturated carbocycles. The lowest BCUT2D eigenvalue weighted by molar-refractivity contribution is -0.346. The molecule has 7 N–H and O–H groups in total. The van der Waals surface area contributed by atoms with Gasteiger partial charge in [-0.1, -0.05) is 34.8 Å². The van der Waals surface area contributed by atoms with Gasteiger partial charge in [-0.15, -0.1) is 0 Å². The molecule has 1 fully saturated rings. The van der Waals surface area contributed by atoms with Crippen molar-refractivity contribution >= 4 is 34.8 Å². The number of ether oxygens (including phenoxy) is 1. The van der Waals surface area contributed by atoms with Crippen LogP contribution in [0.15, 0.2) is 0 Å². The van der Waals surface area contributed by atoms with Crippen LogP contribution in [0.5, 0.6) is 0 Å². The van der Waals surface area contributed by atoms with Crippen molar-refractivity contribution in [1.29, 1.82) is 0 Å². The second-order valence-electron chi connectivity index (χ2n) is 3.26. The van der Waals surface area contributed by atoms with Crippen LogP contribution in [0.2, 0.25) is 0 Å². The van der Waals surface area contributed by atoms with Crippen LogP contribution in [0.1, 0.15) is 0 Å². The monoisotopic (exact) mass is 313 g/mol. The average Bonchev–Trinajstić information content (AvgIpc) is 2.20. The van der Waals surface area contributed by atoms with Crippen LogP contribution in [-0.4, -0.2) is 66.8 Å². The Morgan fingerprint density at radius 2 is 1.59 bits per heavy atom. The first-order chi connectivity index (χ1) is 7.63. The van der Waals surface area contributed by atoms with Gasteiger partial charge in [0.05, 0.1) is 6.61 Å². The number of aliphatic hydroxyl groups is 5. The smallest absolute Gasteiger partial charge is 0.252 e. The minimum Gasteiger partial charge on any atom is -0.394 e. The first-order valence-electron chi connectivity index (χ1n) is 4.39. The van der Waals surface area contributed by atoms with Crippen molar-refractivity contribution in [3.63, 3.8) is 0 Å². The number of alkyl halides is 3. The average molecular weight is 315 g/mol. The molecule has 0 radical (unpaired) electrons. The lowest BCUT2D eigenvalue weighted by Crippen LogP contribution is -2.69.